The first kappa shape index (κ1) is 8.52. The van der Waals surface area contributed by atoms with Crippen LogP contribution < -0.4 is 5.73 Å². The van der Waals surface area contributed by atoms with Gasteiger partial charge in [-0.1, -0.05) is 6.58 Å². The van der Waals surface area contributed by atoms with Crippen molar-refractivity contribution < 1.29 is 8.76 Å². The van der Waals surface area contributed by atoms with Crippen molar-refractivity contribution in [3.63, 3.8) is 0 Å². The molecule has 0 aromatic heterocycles. The molecule has 4 heteroatoms. The van der Waals surface area contributed by atoms with Crippen molar-refractivity contribution in [2.75, 3.05) is 5.75 Å². The van der Waals surface area contributed by atoms with Crippen molar-refractivity contribution in [1.82, 2.24) is 0 Å². The Balaban J connectivity index is 3.67. The first-order valence-corrected chi connectivity index (χ1v) is 4.23. The van der Waals surface area contributed by atoms with Crippen LogP contribution in [0.3, 0.4) is 0 Å². The first-order valence-electron chi connectivity index (χ1n) is 2.41. The number of allylic oxidation sites excluding steroid dienone is 1. The molecule has 0 aliphatic carbocycles. The molecular weight excluding hydrogens is 138 g/mol. The van der Waals surface area contributed by atoms with Gasteiger partial charge in [0.25, 0.3) is 0 Å². The van der Waals surface area contributed by atoms with Crippen molar-refractivity contribution in [2.24, 2.45) is 5.73 Å². The smallest absolute Gasteiger partial charge is 0.111 e. The maximum absolute atomic E-state index is 10.3. The lowest BCUT2D eigenvalue weighted by Gasteiger charge is -1.96. The number of rotatable bonds is 3. The van der Waals surface area contributed by atoms with E-state index >= 15 is 0 Å². The second-order valence-corrected chi connectivity index (χ2v) is 3.75. The van der Waals surface area contributed by atoms with Crippen LogP contribution in [-0.2, 0) is 14.4 Å². The van der Waals surface area contributed by atoms with E-state index in [9.17, 15) is 8.76 Å². The highest BCUT2D eigenvalue weighted by molar-refractivity contribution is 7.94. The highest BCUT2D eigenvalue weighted by Gasteiger charge is 1.98. The van der Waals surface area contributed by atoms with Gasteiger partial charge in [-0.25, -0.2) is 4.21 Å². The minimum atomic E-state index is -3.11. The molecule has 0 aliphatic rings. The van der Waals surface area contributed by atoms with E-state index in [0.29, 0.717) is 12.1 Å². The van der Waals surface area contributed by atoms with E-state index in [-0.39, 0.29) is 5.75 Å². The second-order valence-electron chi connectivity index (χ2n) is 1.86. The average molecular weight is 148 g/mol. The fourth-order valence-electron chi connectivity index (χ4n) is 0.287. The molecule has 0 aromatic rings. The van der Waals surface area contributed by atoms with Crippen LogP contribution in [-0.4, -0.2) is 15.8 Å². The summed E-state index contributed by atoms with van der Waals surface area (Å²) in [6.45, 7) is 3.34. The Morgan fingerprint density at radius 1 is 1.67 bits per heavy atom. The van der Waals surface area contributed by atoms with Gasteiger partial charge in [-0.05, 0) is 12.3 Å². The summed E-state index contributed by atoms with van der Waals surface area (Å²) in [6, 6.07) is 0. The lowest BCUT2D eigenvalue weighted by Crippen LogP contribution is -2.06. The van der Waals surface area contributed by atoms with Gasteiger partial charge in [-0.15, -0.1) is 4.55 Å². The van der Waals surface area contributed by atoms with Gasteiger partial charge >= 0.3 is 0 Å². The Morgan fingerprint density at radius 2 is 2.11 bits per heavy atom. The molecule has 2 N–H and O–H groups in total. The largest absolute Gasteiger partial charge is 0.402 e. The molecule has 0 bridgehead atoms. The standard InChI is InChI=1S/C5H10NO2S/c1-5(6)3-4-9(2,7)8/h1-4,6H2. The molecular formula is C5H10NO2S. The van der Waals surface area contributed by atoms with Crippen LogP contribution in [0.5, 0.6) is 0 Å². The summed E-state index contributed by atoms with van der Waals surface area (Å²) in [5.41, 5.74) is 5.49. The molecule has 0 amide bonds. The zero-order valence-corrected chi connectivity index (χ0v) is 5.95. The SMILES string of the molecule is C=C(N)CCS(=C)([O])=O. The van der Waals surface area contributed by atoms with E-state index < -0.39 is 9.80 Å². The molecule has 9 heavy (non-hydrogen) atoms. The minimum absolute atomic E-state index is 0.0116. The maximum Gasteiger partial charge on any atom is 0.111 e. The third kappa shape index (κ3) is 7.52. The number of hydrogen-bond donors (Lipinski definition) is 1. The van der Waals surface area contributed by atoms with E-state index in [1.807, 2.05) is 0 Å². The van der Waals surface area contributed by atoms with Crippen LogP contribution in [0, 0.1) is 0 Å². The Morgan fingerprint density at radius 3 is 2.22 bits per heavy atom. The van der Waals surface area contributed by atoms with Crippen molar-refractivity contribution in [3.8, 4) is 0 Å². The molecule has 1 radical (unpaired) electrons. The molecule has 0 saturated heterocycles. The fraction of sp³-hybridized carbons (Fsp3) is 0.400. The van der Waals surface area contributed by atoms with Crippen LogP contribution in [0.4, 0.5) is 0 Å². The molecule has 1 unspecified atom stereocenters. The third-order valence-electron chi connectivity index (χ3n) is 0.734. The van der Waals surface area contributed by atoms with E-state index in [4.69, 9.17) is 5.73 Å². The molecule has 53 valence electrons. The van der Waals surface area contributed by atoms with Gasteiger partial charge in [0.15, 0.2) is 0 Å². The zero-order valence-electron chi connectivity index (χ0n) is 5.13. The minimum Gasteiger partial charge on any atom is -0.402 e. The lowest BCUT2D eigenvalue weighted by molar-refractivity contribution is 0.469. The Kier molecular flexibility index (Phi) is 2.73. The van der Waals surface area contributed by atoms with Gasteiger partial charge in [0.2, 0.25) is 0 Å². The molecule has 0 aliphatic heterocycles. The molecule has 3 nitrogen and oxygen atoms in total. The monoisotopic (exact) mass is 148 g/mol. The Hall–Kier alpha value is -0.480. The van der Waals surface area contributed by atoms with E-state index in [0.717, 1.165) is 0 Å². The van der Waals surface area contributed by atoms with Gasteiger partial charge in [0, 0.05) is 11.4 Å². The van der Waals surface area contributed by atoms with Crippen LogP contribution >= 0.6 is 0 Å². The van der Waals surface area contributed by atoms with Crippen molar-refractivity contribution >= 4 is 15.7 Å². The second kappa shape index (κ2) is 2.89. The first-order chi connectivity index (χ1) is 3.92. The summed E-state index contributed by atoms with van der Waals surface area (Å²) in [5, 5.41) is 0. The van der Waals surface area contributed by atoms with Crippen LogP contribution in [0.25, 0.3) is 0 Å². The van der Waals surface area contributed by atoms with Gasteiger partial charge in [-0.3, -0.25) is 0 Å². The van der Waals surface area contributed by atoms with Crippen molar-refractivity contribution in [2.45, 2.75) is 6.42 Å². The van der Waals surface area contributed by atoms with Gasteiger partial charge < -0.3 is 5.73 Å². The van der Waals surface area contributed by atoms with E-state index in [1.54, 1.807) is 0 Å². The van der Waals surface area contributed by atoms with Crippen molar-refractivity contribution in [1.29, 1.82) is 0 Å². The topological polar surface area (TPSA) is 63.0 Å². The molecule has 0 heterocycles. The predicted octanol–water partition coefficient (Wildman–Crippen LogP) is -0.0892. The Bertz CT molecular complexity index is 193. The predicted molar refractivity (Wildman–Crippen MR) is 38.8 cm³/mol. The highest BCUT2D eigenvalue weighted by Crippen LogP contribution is 1.93. The summed E-state index contributed by atoms with van der Waals surface area (Å²) in [7, 11) is -3.11. The Labute approximate surface area is 55.4 Å². The van der Waals surface area contributed by atoms with E-state index in [1.165, 1.54) is 0 Å². The molecule has 1 atom stereocenters. The summed E-state index contributed by atoms with van der Waals surface area (Å²) in [5.74, 6) is 2.91. The molecule has 0 saturated carbocycles. The van der Waals surface area contributed by atoms with Crippen molar-refractivity contribution in [3.05, 3.63) is 12.3 Å². The van der Waals surface area contributed by atoms with E-state index in [2.05, 4.69) is 12.4 Å². The molecule has 0 spiro atoms. The number of nitrogens with two attached hydrogens (primary N) is 1. The fourth-order valence-corrected chi connectivity index (χ4v) is 0.860. The summed E-state index contributed by atoms with van der Waals surface area (Å²) in [4.78, 5) is 0. The quantitative estimate of drug-likeness (QED) is 0.568. The van der Waals surface area contributed by atoms with Crippen LogP contribution in [0.15, 0.2) is 12.3 Å². The summed E-state index contributed by atoms with van der Waals surface area (Å²) in [6.07, 6.45) is 0.297. The van der Waals surface area contributed by atoms with Gasteiger partial charge in [0.1, 0.15) is 9.80 Å². The molecule has 0 fully saturated rings. The van der Waals surface area contributed by atoms with Gasteiger partial charge in [-0.2, -0.15) is 0 Å². The molecule has 0 rings (SSSR count). The average Bonchev–Trinajstić information content (AvgIpc) is 1.59. The third-order valence-corrected chi connectivity index (χ3v) is 1.56. The van der Waals surface area contributed by atoms with Gasteiger partial charge in [0.05, 0.1) is 0 Å². The summed E-state index contributed by atoms with van der Waals surface area (Å²) >= 11 is 0. The maximum atomic E-state index is 10.3. The van der Waals surface area contributed by atoms with Crippen LogP contribution in [0.2, 0.25) is 0 Å². The normalized spacial score (nSPS) is 16.6. The number of hydrogen-bond acceptors (Lipinski definition) is 2. The van der Waals surface area contributed by atoms with Crippen LogP contribution in [0.1, 0.15) is 6.42 Å². The molecule has 0 aromatic carbocycles. The lowest BCUT2D eigenvalue weighted by atomic mass is 10.4. The highest BCUT2D eigenvalue weighted by atomic mass is 32.2. The summed E-state index contributed by atoms with van der Waals surface area (Å²) < 4.78 is 20.7. The zero-order chi connectivity index (χ0) is 7.49.